The van der Waals surface area contributed by atoms with Crippen LogP contribution in [-0.4, -0.2) is 64.0 Å². The molecular weight excluding hydrogens is 344 g/mol. The van der Waals surface area contributed by atoms with Crippen LogP contribution in [0.4, 0.5) is 10.5 Å². The number of primary amides is 1. The number of anilines is 1. The number of amides is 3. The van der Waals surface area contributed by atoms with Crippen LogP contribution in [0.1, 0.15) is 18.7 Å². The summed E-state index contributed by atoms with van der Waals surface area (Å²) in [7, 11) is 3.99. The maximum absolute atomic E-state index is 12.8. The lowest BCUT2D eigenvalue weighted by atomic mass is 10.1. The highest BCUT2D eigenvalue weighted by Gasteiger charge is 2.51. The molecule has 0 aliphatic carbocycles. The monoisotopic (exact) mass is 368 g/mol. The third-order valence-corrected chi connectivity index (χ3v) is 5.27. The van der Waals surface area contributed by atoms with Gasteiger partial charge in [0.15, 0.2) is 0 Å². The number of fused-ring (bicyclic) bond motifs is 1. The number of hydrogen-bond donors (Lipinski definition) is 1. The van der Waals surface area contributed by atoms with Crippen LogP contribution in [0, 0.1) is 0 Å². The Balaban J connectivity index is 1.63. The number of nitrogens with two attached hydrogens (primary N) is 1. The fourth-order valence-electron chi connectivity index (χ4n) is 4.12. The van der Waals surface area contributed by atoms with Crippen LogP contribution >= 0.6 is 0 Å². The second-order valence-corrected chi connectivity index (χ2v) is 7.37. The summed E-state index contributed by atoms with van der Waals surface area (Å²) in [5, 5.41) is 0. The van der Waals surface area contributed by atoms with Crippen molar-refractivity contribution in [3.8, 4) is 5.69 Å². The van der Waals surface area contributed by atoms with Gasteiger partial charge in [0, 0.05) is 30.3 Å². The summed E-state index contributed by atoms with van der Waals surface area (Å²) >= 11 is 0. The van der Waals surface area contributed by atoms with Crippen LogP contribution in [0.5, 0.6) is 0 Å². The molecule has 8 nitrogen and oxygen atoms in total. The Morgan fingerprint density at radius 3 is 2.63 bits per heavy atom. The average molecular weight is 368 g/mol. The molecule has 2 aliphatic heterocycles. The van der Waals surface area contributed by atoms with E-state index in [-0.39, 0.29) is 12.1 Å². The summed E-state index contributed by atoms with van der Waals surface area (Å²) in [5.74, 6) is 0.477. The predicted octanol–water partition coefficient (Wildman–Crippen LogP) is 1.19. The molecule has 0 bridgehead atoms. The van der Waals surface area contributed by atoms with Gasteiger partial charge in [0.2, 0.25) is 5.91 Å². The molecule has 0 spiro atoms. The highest BCUT2D eigenvalue weighted by molar-refractivity contribution is 6.03. The number of benzene rings is 1. The minimum Gasteiger partial charge on any atom is -0.368 e. The molecule has 0 saturated carbocycles. The lowest BCUT2D eigenvalue weighted by molar-refractivity contribution is -0.119. The van der Waals surface area contributed by atoms with E-state index in [1.807, 2.05) is 49.1 Å². The molecule has 2 fully saturated rings. The summed E-state index contributed by atoms with van der Waals surface area (Å²) in [6.45, 7) is 1.41. The van der Waals surface area contributed by atoms with Gasteiger partial charge in [-0.15, -0.1) is 0 Å². The van der Waals surface area contributed by atoms with Gasteiger partial charge in [-0.1, -0.05) is 0 Å². The molecule has 2 saturated heterocycles. The number of nitrogens with zero attached hydrogens (tertiary/aromatic N) is 5. The Morgan fingerprint density at radius 2 is 1.96 bits per heavy atom. The molecule has 8 heteroatoms. The van der Waals surface area contributed by atoms with Crippen molar-refractivity contribution in [2.24, 2.45) is 5.73 Å². The molecule has 0 radical (unpaired) electrons. The Kier molecular flexibility index (Phi) is 4.35. The summed E-state index contributed by atoms with van der Waals surface area (Å²) in [4.78, 5) is 34.7. The van der Waals surface area contributed by atoms with Crippen LogP contribution in [0.2, 0.25) is 0 Å². The predicted molar refractivity (Wildman–Crippen MR) is 102 cm³/mol. The van der Waals surface area contributed by atoms with Gasteiger partial charge in [-0.2, -0.15) is 0 Å². The molecule has 1 unspecified atom stereocenters. The Bertz CT molecular complexity index is 859. The number of carbonyl (C=O) groups excluding carboxylic acids is 2. The van der Waals surface area contributed by atoms with Crippen molar-refractivity contribution in [2.75, 3.05) is 25.5 Å². The molecule has 27 heavy (non-hydrogen) atoms. The van der Waals surface area contributed by atoms with E-state index in [4.69, 9.17) is 5.73 Å². The number of aromatic nitrogens is 2. The molecule has 2 aliphatic rings. The summed E-state index contributed by atoms with van der Waals surface area (Å²) in [6, 6.07) is 6.74. The fraction of sp³-hybridized carbons (Fsp3) is 0.421. The second kappa shape index (κ2) is 6.70. The van der Waals surface area contributed by atoms with Crippen LogP contribution in [0.15, 0.2) is 36.7 Å². The van der Waals surface area contributed by atoms with Crippen LogP contribution in [0.3, 0.4) is 0 Å². The lowest BCUT2D eigenvalue weighted by Gasteiger charge is -2.23. The summed E-state index contributed by atoms with van der Waals surface area (Å²) in [5.41, 5.74) is 7.29. The smallest absolute Gasteiger partial charge is 0.325 e. The third-order valence-electron chi connectivity index (χ3n) is 5.27. The number of hydrogen-bond acceptors (Lipinski definition) is 4. The standard InChI is InChI=1S/C19H24N6O2/c1-22(2)12-16-21-9-11-23(16)13-5-7-14(8-6-13)25-17(18(20)26)15-4-3-10-24(15)19(25)27/h5-9,11,15,17H,3-4,10,12H2,1-2H3,(H2,20,26)/t15-,17?/m1/s1. The van der Waals surface area contributed by atoms with Gasteiger partial charge in [-0.3, -0.25) is 9.69 Å². The quantitative estimate of drug-likeness (QED) is 0.859. The number of rotatable bonds is 5. The topological polar surface area (TPSA) is 87.7 Å². The first-order chi connectivity index (χ1) is 13.0. The van der Waals surface area contributed by atoms with E-state index in [0.29, 0.717) is 12.2 Å². The molecule has 3 amide bonds. The zero-order valence-corrected chi connectivity index (χ0v) is 15.6. The second-order valence-electron chi connectivity index (χ2n) is 7.37. The van der Waals surface area contributed by atoms with Gasteiger partial charge >= 0.3 is 6.03 Å². The first-order valence-electron chi connectivity index (χ1n) is 9.14. The fourth-order valence-corrected chi connectivity index (χ4v) is 4.12. The van der Waals surface area contributed by atoms with E-state index in [2.05, 4.69) is 9.88 Å². The molecule has 142 valence electrons. The van der Waals surface area contributed by atoms with Gasteiger partial charge in [0.1, 0.15) is 11.9 Å². The molecule has 1 aromatic carbocycles. The van der Waals surface area contributed by atoms with E-state index < -0.39 is 11.9 Å². The van der Waals surface area contributed by atoms with Crippen molar-refractivity contribution in [2.45, 2.75) is 31.5 Å². The van der Waals surface area contributed by atoms with Crippen LogP contribution in [-0.2, 0) is 11.3 Å². The Morgan fingerprint density at radius 1 is 1.26 bits per heavy atom. The normalized spacial score (nSPS) is 22.0. The minimum absolute atomic E-state index is 0.116. The first kappa shape index (κ1) is 17.5. The zero-order chi connectivity index (χ0) is 19.1. The van der Waals surface area contributed by atoms with Crippen LogP contribution < -0.4 is 10.6 Å². The minimum atomic E-state index is -0.608. The first-order valence-corrected chi connectivity index (χ1v) is 9.14. The maximum atomic E-state index is 12.8. The average Bonchev–Trinajstić information content (AvgIpc) is 3.32. The molecule has 2 atom stereocenters. The highest BCUT2D eigenvalue weighted by Crippen LogP contribution is 2.35. The largest absolute Gasteiger partial charge is 0.368 e. The van der Waals surface area contributed by atoms with E-state index >= 15 is 0 Å². The molecule has 1 aromatic heterocycles. The van der Waals surface area contributed by atoms with Crippen molar-refractivity contribution in [1.29, 1.82) is 0 Å². The van der Waals surface area contributed by atoms with Gasteiger partial charge in [0.05, 0.1) is 12.6 Å². The molecule has 2 aromatic rings. The van der Waals surface area contributed by atoms with E-state index in [0.717, 1.165) is 30.9 Å². The maximum Gasteiger partial charge on any atom is 0.325 e. The third kappa shape index (κ3) is 2.95. The highest BCUT2D eigenvalue weighted by atomic mass is 16.2. The van der Waals surface area contributed by atoms with Crippen LogP contribution in [0.25, 0.3) is 5.69 Å². The van der Waals surface area contributed by atoms with Crippen molar-refractivity contribution < 1.29 is 9.59 Å². The Hall–Kier alpha value is -2.87. The zero-order valence-electron chi connectivity index (χ0n) is 15.6. The number of carbonyl (C=O) groups is 2. The van der Waals surface area contributed by atoms with Crippen molar-refractivity contribution >= 4 is 17.6 Å². The molecule has 2 N–H and O–H groups in total. The molecule has 4 rings (SSSR count). The lowest BCUT2D eigenvalue weighted by Crippen LogP contribution is -2.46. The van der Waals surface area contributed by atoms with E-state index in [9.17, 15) is 9.59 Å². The van der Waals surface area contributed by atoms with Gasteiger partial charge in [-0.25, -0.2) is 9.78 Å². The van der Waals surface area contributed by atoms with E-state index in [1.165, 1.54) is 0 Å². The van der Waals surface area contributed by atoms with Crippen molar-refractivity contribution in [3.05, 3.63) is 42.5 Å². The van der Waals surface area contributed by atoms with Gasteiger partial charge in [-0.05, 0) is 51.2 Å². The molecule has 3 heterocycles. The summed E-state index contributed by atoms with van der Waals surface area (Å²) in [6.07, 6.45) is 5.42. The van der Waals surface area contributed by atoms with Gasteiger partial charge < -0.3 is 20.1 Å². The Labute approximate surface area is 158 Å². The van der Waals surface area contributed by atoms with Gasteiger partial charge in [0.25, 0.3) is 0 Å². The number of imidazole rings is 1. The van der Waals surface area contributed by atoms with Crippen molar-refractivity contribution in [3.63, 3.8) is 0 Å². The number of urea groups is 1. The van der Waals surface area contributed by atoms with E-state index in [1.54, 1.807) is 16.0 Å². The summed E-state index contributed by atoms with van der Waals surface area (Å²) < 4.78 is 2.01. The van der Waals surface area contributed by atoms with Crippen molar-refractivity contribution in [1.82, 2.24) is 19.4 Å². The SMILES string of the molecule is CN(C)Cc1nccn1-c1ccc(N2C(=O)N3CCC[C@@H]3C2C(N)=O)cc1. The molecular formula is C19H24N6O2.